The molecule has 0 saturated carbocycles. The van der Waals surface area contributed by atoms with Gasteiger partial charge in [0.1, 0.15) is 11.6 Å². The number of rotatable bonds is 7. The molecule has 224 valence electrons. The summed E-state index contributed by atoms with van der Waals surface area (Å²) in [5, 5.41) is 2.89. The van der Waals surface area contributed by atoms with Gasteiger partial charge in [-0.2, -0.15) is 0 Å². The average molecular weight is 601 g/mol. The maximum atomic E-state index is 13.5. The van der Waals surface area contributed by atoms with Gasteiger partial charge in [0.25, 0.3) is 11.8 Å². The SMILES string of the molecule is Nc1ccc(C=CC(=O)NCc2cc3cc(-c4ccc(C(=O)N5CCC(F)(F)CC5)cc4)cc(OC(F)(F)F)c3o2)cn1. The second kappa shape index (κ2) is 11.7. The summed E-state index contributed by atoms with van der Waals surface area (Å²) in [6, 6.07) is 13.6. The van der Waals surface area contributed by atoms with E-state index in [9.17, 15) is 31.5 Å². The van der Waals surface area contributed by atoms with Crippen LogP contribution in [0.1, 0.15) is 34.5 Å². The van der Waals surface area contributed by atoms with Crippen molar-refractivity contribution in [3.8, 4) is 16.9 Å². The van der Waals surface area contributed by atoms with Crippen molar-refractivity contribution in [1.29, 1.82) is 0 Å². The molecule has 13 heteroatoms. The molecular weight excluding hydrogens is 575 g/mol. The molecule has 2 amide bonds. The lowest BCUT2D eigenvalue weighted by Crippen LogP contribution is -2.42. The summed E-state index contributed by atoms with van der Waals surface area (Å²) in [6.45, 7) is -0.248. The van der Waals surface area contributed by atoms with E-state index in [1.54, 1.807) is 30.3 Å². The molecule has 2 aromatic heterocycles. The summed E-state index contributed by atoms with van der Waals surface area (Å²) in [7, 11) is 0. The molecule has 1 saturated heterocycles. The fourth-order valence-corrected chi connectivity index (χ4v) is 4.57. The summed E-state index contributed by atoms with van der Waals surface area (Å²) >= 11 is 0. The lowest BCUT2D eigenvalue weighted by atomic mass is 10.0. The first kappa shape index (κ1) is 29.5. The highest BCUT2D eigenvalue weighted by Gasteiger charge is 2.36. The number of nitrogens with two attached hydrogens (primary N) is 1. The van der Waals surface area contributed by atoms with E-state index in [1.807, 2.05) is 0 Å². The van der Waals surface area contributed by atoms with Gasteiger partial charge in [-0.05, 0) is 65.2 Å². The standard InChI is InChI=1S/C30H25F5N4O4/c31-29(32)9-11-39(12-10-29)28(41)20-5-3-19(4-6-20)21-13-22-14-23(42-27(22)24(15-21)43-30(33,34)35)17-38-26(40)8-2-18-1-7-25(36)37-16-18/h1-8,13-16H,9-12,17H2,(H2,36,37)(H,38,40). The topological polar surface area (TPSA) is 111 Å². The maximum Gasteiger partial charge on any atom is 0.573 e. The normalized spacial score (nSPS) is 15.1. The van der Waals surface area contributed by atoms with Crippen LogP contribution in [0.25, 0.3) is 28.2 Å². The maximum absolute atomic E-state index is 13.5. The fourth-order valence-electron chi connectivity index (χ4n) is 4.57. The van der Waals surface area contributed by atoms with Crippen LogP contribution < -0.4 is 15.8 Å². The molecule has 1 aliphatic heterocycles. The van der Waals surface area contributed by atoms with E-state index in [4.69, 9.17) is 10.2 Å². The highest BCUT2D eigenvalue weighted by atomic mass is 19.4. The van der Waals surface area contributed by atoms with E-state index in [2.05, 4.69) is 15.0 Å². The zero-order chi connectivity index (χ0) is 30.8. The summed E-state index contributed by atoms with van der Waals surface area (Å²) in [6.07, 6.45) is -1.55. The molecule has 0 unspecified atom stereocenters. The Morgan fingerprint density at radius 3 is 2.42 bits per heavy atom. The fraction of sp³-hybridized carbons (Fsp3) is 0.233. The van der Waals surface area contributed by atoms with Crippen LogP contribution in [0.3, 0.4) is 0 Å². The molecule has 3 heterocycles. The molecule has 5 rings (SSSR count). The third-order valence-corrected chi connectivity index (χ3v) is 6.78. The minimum Gasteiger partial charge on any atom is -0.455 e. The van der Waals surface area contributed by atoms with Gasteiger partial charge in [0.2, 0.25) is 5.91 Å². The van der Waals surface area contributed by atoms with Crippen molar-refractivity contribution in [2.45, 2.75) is 31.7 Å². The first-order valence-corrected chi connectivity index (χ1v) is 13.1. The van der Waals surface area contributed by atoms with Gasteiger partial charge < -0.3 is 25.1 Å². The second-order valence-electron chi connectivity index (χ2n) is 9.95. The van der Waals surface area contributed by atoms with Crippen LogP contribution >= 0.6 is 0 Å². The molecule has 2 aromatic carbocycles. The molecule has 4 aromatic rings. The molecule has 0 aliphatic carbocycles. The Labute approximate surface area is 241 Å². The number of halogens is 5. The van der Waals surface area contributed by atoms with Crippen molar-refractivity contribution in [2.24, 2.45) is 0 Å². The van der Waals surface area contributed by atoms with E-state index in [0.717, 1.165) is 6.07 Å². The third-order valence-electron chi connectivity index (χ3n) is 6.78. The summed E-state index contributed by atoms with van der Waals surface area (Å²) in [5.41, 5.74) is 7.11. The van der Waals surface area contributed by atoms with Crippen LogP contribution in [-0.4, -0.2) is 47.1 Å². The number of anilines is 1. The van der Waals surface area contributed by atoms with Gasteiger partial charge in [-0.25, -0.2) is 13.8 Å². The Morgan fingerprint density at radius 2 is 1.77 bits per heavy atom. The molecule has 0 bridgehead atoms. The zero-order valence-corrected chi connectivity index (χ0v) is 22.5. The van der Waals surface area contributed by atoms with Crippen LogP contribution in [0.2, 0.25) is 0 Å². The smallest absolute Gasteiger partial charge is 0.455 e. The van der Waals surface area contributed by atoms with Gasteiger partial charge in [0.15, 0.2) is 11.3 Å². The Kier molecular flexibility index (Phi) is 8.07. The van der Waals surface area contributed by atoms with Gasteiger partial charge in [0, 0.05) is 49.2 Å². The number of pyridine rings is 1. The van der Waals surface area contributed by atoms with Gasteiger partial charge in [0.05, 0.1) is 6.54 Å². The van der Waals surface area contributed by atoms with Crippen LogP contribution in [0.5, 0.6) is 5.75 Å². The first-order chi connectivity index (χ1) is 20.3. The molecule has 0 radical (unpaired) electrons. The minimum atomic E-state index is -5.00. The second-order valence-corrected chi connectivity index (χ2v) is 9.95. The van der Waals surface area contributed by atoms with Gasteiger partial charge >= 0.3 is 6.36 Å². The van der Waals surface area contributed by atoms with Crippen molar-refractivity contribution < 1.29 is 40.7 Å². The monoisotopic (exact) mass is 600 g/mol. The molecule has 1 aliphatic rings. The van der Waals surface area contributed by atoms with Crippen LogP contribution in [0.4, 0.5) is 27.8 Å². The van der Waals surface area contributed by atoms with E-state index in [-0.39, 0.29) is 36.5 Å². The number of fused-ring (bicyclic) bond motifs is 1. The molecular formula is C30H25F5N4O4. The number of amides is 2. The number of nitrogen functional groups attached to an aromatic ring is 1. The number of aromatic nitrogens is 1. The Hall–Kier alpha value is -4.94. The van der Waals surface area contributed by atoms with Crippen LogP contribution in [-0.2, 0) is 11.3 Å². The summed E-state index contributed by atoms with van der Waals surface area (Å²) < 4.78 is 76.5. The number of furan rings is 1. The van der Waals surface area contributed by atoms with Gasteiger partial charge in [-0.3, -0.25) is 9.59 Å². The molecule has 3 N–H and O–H groups in total. The number of hydrogen-bond donors (Lipinski definition) is 2. The number of ether oxygens (including phenoxy) is 1. The predicted molar refractivity (Wildman–Crippen MR) is 148 cm³/mol. The number of alkyl halides is 5. The molecule has 0 spiro atoms. The van der Waals surface area contributed by atoms with Crippen molar-refractivity contribution in [3.63, 3.8) is 0 Å². The lowest BCUT2D eigenvalue weighted by molar-refractivity contribution is -0.274. The van der Waals surface area contributed by atoms with Crippen molar-refractivity contribution in [1.82, 2.24) is 15.2 Å². The number of nitrogens with zero attached hydrogens (tertiary/aromatic N) is 2. The minimum absolute atomic E-state index is 0.0674. The molecule has 8 nitrogen and oxygen atoms in total. The largest absolute Gasteiger partial charge is 0.573 e. The molecule has 0 atom stereocenters. The number of benzene rings is 2. The van der Waals surface area contributed by atoms with Crippen LogP contribution in [0.15, 0.2) is 71.3 Å². The van der Waals surface area contributed by atoms with Crippen molar-refractivity contribution in [2.75, 3.05) is 18.8 Å². The van der Waals surface area contributed by atoms with E-state index >= 15 is 0 Å². The van der Waals surface area contributed by atoms with Crippen molar-refractivity contribution >= 4 is 34.7 Å². The van der Waals surface area contributed by atoms with Gasteiger partial charge in [-0.15, -0.1) is 13.2 Å². The first-order valence-electron chi connectivity index (χ1n) is 13.1. The highest BCUT2D eigenvalue weighted by Crippen LogP contribution is 2.37. The highest BCUT2D eigenvalue weighted by molar-refractivity contribution is 5.95. The Morgan fingerprint density at radius 1 is 1.05 bits per heavy atom. The number of nitrogens with one attached hydrogen (secondary N) is 1. The number of likely N-dealkylation sites (tertiary alicyclic amines) is 1. The molecule has 1 fully saturated rings. The quantitative estimate of drug-likeness (QED) is 0.194. The zero-order valence-electron chi connectivity index (χ0n) is 22.5. The van der Waals surface area contributed by atoms with E-state index in [0.29, 0.717) is 27.9 Å². The number of carbonyl (C=O) groups is 2. The van der Waals surface area contributed by atoms with E-state index in [1.165, 1.54) is 41.4 Å². The summed E-state index contributed by atoms with van der Waals surface area (Å²) in [5.74, 6) is -3.73. The summed E-state index contributed by atoms with van der Waals surface area (Å²) in [4.78, 5) is 30.3. The van der Waals surface area contributed by atoms with E-state index < -0.39 is 42.7 Å². The number of carbonyl (C=O) groups excluding carboxylic acids is 2. The van der Waals surface area contributed by atoms with Gasteiger partial charge in [-0.1, -0.05) is 12.1 Å². The van der Waals surface area contributed by atoms with Crippen molar-refractivity contribution in [3.05, 3.63) is 83.8 Å². The Balaban J connectivity index is 1.33. The number of piperidine rings is 1. The third kappa shape index (κ3) is 7.48. The Bertz CT molecular complexity index is 1660. The van der Waals surface area contributed by atoms with Crippen LogP contribution in [0, 0.1) is 0 Å². The average Bonchev–Trinajstić information content (AvgIpc) is 3.38. The lowest BCUT2D eigenvalue weighted by Gasteiger charge is -2.31. The molecule has 43 heavy (non-hydrogen) atoms. The predicted octanol–water partition coefficient (Wildman–Crippen LogP) is 6.18. The number of hydrogen-bond acceptors (Lipinski definition) is 6.